The van der Waals surface area contributed by atoms with Crippen LogP contribution in [0.15, 0.2) is 0 Å². The number of rotatable bonds is 17. The van der Waals surface area contributed by atoms with Crippen LogP contribution in [0.3, 0.4) is 0 Å². The molecule has 2 N–H and O–H groups in total. The molecule has 0 aliphatic carbocycles. The summed E-state index contributed by atoms with van der Waals surface area (Å²) < 4.78 is 5.10. The Kier molecular flexibility index (Phi) is 15.6. The molecule has 0 aromatic carbocycles. The molecule has 3 heteroatoms. The van der Waals surface area contributed by atoms with E-state index in [1.165, 1.54) is 83.5 Å². The summed E-state index contributed by atoms with van der Waals surface area (Å²) in [6, 6.07) is 0. The second-order valence-electron chi connectivity index (χ2n) is 7.78. The van der Waals surface area contributed by atoms with E-state index in [4.69, 9.17) is 10.5 Å². The first-order chi connectivity index (χ1) is 11.5. The summed E-state index contributed by atoms with van der Waals surface area (Å²) in [5.41, 5.74) is 4.81. The lowest BCUT2D eigenvalue weighted by Gasteiger charge is -2.19. The van der Waals surface area contributed by atoms with E-state index < -0.39 is 5.72 Å². The maximum Gasteiger partial charge on any atom is 0.307 e. The van der Waals surface area contributed by atoms with Crippen molar-refractivity contribution in [3.63, 3.8) is 0 Å². The van der Waals surface area contributed by atoms with Crippen molar-refractivity contribution in [1.29, 1.82) is 0 Å². The zero-order chi connectivity index (χ0) is 18.1. The molecule has 0 spiro atoms. The summed E-state index contributed by atoms with van der Waals surface area (Å²) >= 11 is 0. The Bertz CT molecular complexity index is 284. The van der Waals surface area contributed by atoms with Gasteiger partial charge in [0.25, 0.3) is 0 Å². The van der Waals surface area contributed by atoms with Gasteiger partial charge in [0.05, 0.1) is 0 Å². The van der Waals surface area contributed by atoms with Crippen LogP contribution < -0.4 is 5.73 Å². The average Bonchev–Trinajstić information content (AvgIpc) is 2.49. The Morgan fingerprint density at radius 1 is 0.708 bits per heavy atom. The van der Waals surface area contributed by atoms with Crippen LogP contribution in [0.25, 0.3) is 0 Å². The summed E-state index contributed by atoms with van der Waals surface area (Å²) in [5, 5.41) is 0. The Balaban J connectivity index is 3.14. The molecule has 0 saturated heterocycles. The van der Waals surface area contributed by atoms with Crippen LogP contribution in [0, 0.1) is 0 Å². The third kappa shape index (κ3) is 19.5. The lowest BCUT2D eigenvalue weighted by molar-refractivity contribution is -0.156. The lowest BCUT2D eigenvalue weighted by Crippen LogP contribution is -2.37. The highest BCUT2D eigenvalue weighted by Crippen LogP contribution is 2.14. The lowest BCUT2D eigenvalue weighted by atomic mass is 10.0. The molecule has 0 aromatic heterocycles. The fraction of sp³-hybridized carbons (Fsp3) is 0.952. The van der Waals surface area contributed by atoms with Crippen molar-refractivity contribution in [2.45, 2.75) is 129 Å². The largest absolute Gasteiger partial charge is 0.445 e. The summed E-state index contributed by atoms with van der Waals surface area (Å²) in [4.78, 5) is 11.5. The van der Waals surface area contributed by atoms with Gasteiger partial charge in [0.1, 0.15) is 0 Å². The smallest absolute Gasteiger partial charge is 0.307 e. The van der Waals surface area contributed by atoms with Gasteiger partial charge >= 0.3 is 5.97 Å². The van der Waals surface area contributed by atoms with Gasteiger partial charge in [0.2, 0.25) is 0 Å². The topological polar surface area (TPSA) is 52.3 Å². The highest BCUT2D eigenvalue weighted by atomic mass is 16.6. The summed E-state index contributed by atoms with van der Waals surface area (Å²) in [5.74, 6) is -0.169. The monoisotopic (exact) mass is 341 g/mol. The fourth-order valence-corrected chi connectivity index (χ4v) is 2.99. The molecule has 3 nitrogen and oxygen atoms in total. The highest BCUT2D eigenvalue weighted by molar-refractivity contribution is 5.69. The zero-order valence-electron chi connectivity index (χ0n) is 16.7. The van der Waals surface area contributed by atoms with E-state index in [-0.39, 0.29) is 5.97 Å². The van der Waals surface area contributed by atoms with Gasteiger partial charge in [-0.15, -0.1) is 0 Å². The molecular weight excluding hydrogens is 298 g/mol. The van der Waals surface area contributed by atoms with Crippen molar-refractivity contribution in [2.75, 3.05) is 0 Å². The third-order valence-electron chi connectivity index (χ3n) is 4.36. The number of unbranched alkanes of at least 4 members (excludes halogenated alkanes) is 14. The average molecular weight is 342 g/mol. The van der Waals surface area contributed by atoms with Crippen molar-refractivity contribution < 1.29 is 9.53 Å². The number of hydrogen-bond donors (Lipinski definition) is 1. The van der Waals surface area contributed by atoms with Crippen molar-refractivity contribution in [3.05, 3.63) is 0 Å². The second-order valence-corrected chi connectivity index (χ2v) is 7.78. The van der Waals surface area contributed by atoms with Crippen molar-refractivity contribution in [2.24, 2.45) is 5.73 Å². The third-order valence-corrected chi connectivity index (χ3v) is 4.36. The van der Waals surface area contributed by atoms with E-state index in [1.54, 1.807) is 13.8 Å². The molecule has 24 heavy (non-hydrogen) atoms. The van der Waals surface area contributed by atoms with Crippen molar-refractivity contribution in [1.82, 2.24) is 0 Å². The molecular formula is C21H43NO2. The van der Waals surface area contributed by atoms with Crippen LogP contribution in [0.4, 0.5) is 0 Å². The molecule has 0 atom stereocenters. The first kappa shape index (κ1) is 23.4. The highest BCUT2D eigenvalue weighted by Gasteiger charge is 2.15. The Hall–Kier alpha value is -0.570. The van der Waals surface area contributed by atoms with Crippen LogP contribution in [-0.2, 0) is 9.53 Å². The van der Waals surface area contributed by atoms with Crippen LogP contribution in [0.5, 0.6) is 0 Å². The molecule has 0 bridgehead atoms. The van der Waals surface area contributed by atoms with Crippen molar-refractivity contribution >= 4 is 5.97 Å². The minimum absolute atomic E-state index is 0.169. The molecule has 0 unspecified atom stereocenters. The molecule has 0 aliphatic heterocycles. The maximum atomic E-state index is 11.5. The normalized spacial score (nSPS) is 11.7. The maximum absolute atomic E-state index is 11.5. The summed E-state index contributed by atoms with van der Waals surface area (Å²) in [6.07, 6.45) is 20.5. The van der Waals surface area contributed by atoms with Crippen LogP contribution in [0.2, 0.25) is 0 Å². The molecule has 0 heterocycles. The van der Waals surface area contributed by atoms with E-state index in [2.05, 4.69) is 6.92 Å². The van der Waals surface area contributed by atoms with Gasteiger partial charge in [-0.1, -0.05) is 96.8 Å². The minimum atomic E-state index is -0.841. The molecule has 0 amide bonds. The van der Waals surface area contributed by atoms with E-state index >= 15 is 0 Å². The quantitative estimate of drug-likeness (QED) is 0.187. The van der Waals surface area contributed by atoms with Gasteiger partial charge < -0.3 is 4.74 Å². The second kappa shape index (κ2) is 15.9. The number of nitrogens with two attached hydrogens (primary N) is 1. The van der Waals surface area contributed by atoms with Gasteiger partial charge in [0.15, 0.2) is 5.72 Å². The molecule has 0 aromatic rings. The van der Waals surface area contributed by atoms with Crippen LogP contribution in [0.1, 0.15) is 124 Å². The van der Waals surface area contributed by atoms with Gasteiger partial charge in [-0.05, 0) is 20.3 Å². The van der Waals surface area contributed by atoms with Crippen LogP contribution in [-0.4, -0.2) is 11.7 Å². The molecule has 0 rings (SSSR count). The van der Waals surface area contributed by atoms with Gasteiger partial charge in [-0.3, -0.25) is 10.5 Å². The number of esters is 1. The number of carbonyl (C=O) groups is 1. The fourth-order valence-electron chi connectivity index (χ4n) is 2.99. The van der Waals surface area contributed by atoms with Gasteiger partial charge in [0, 0.05) is 6.42 Å². The molecule has 0 fully saturated rings. The number of hydrogen-bond acceptors (Lipinski definition) is 3. The molecule has 0 radical (unpaired) electrons. The molecule has 0 saturated carbocycles. The first-order valence-electron chi connectivity index (χ1n) is 10.5. The van der Waals surface area contributed by atoms with E-state index in [0.717, 1.165) is 12.8 Å². The number of ether oxygens (including phenoxy) is 1. The Morgan fingerprint density at radius 3 is 1.38 bits per heavy atom. The predicted molar refractivity (Wildman–Crippen MR) is 104 cm³/mol. The first-order valence-corrected chi connectivity index (χ1v) is 10.5. The Labute approximate surface area is 151 Å². The van der Waals surface area contributed by atoms with Gasteiger partial charge in [-0.2, -0.15) is 0 Å². The van der Waals surface area contributed by atoms with E-state index in [0.29, 0.717) is 6.42 Å². The number of carbonyl (C=O) groups excluding carboxylic acids is 1. The summed E-state index contributed by atoms with van der Waals surface area (Å²) in [7, 11) is 0. The van der Waals surface area contributed by atoms with E-state index in [1.807, 2.05) is 0 Å². The summed E-state index contributed by atoms with van der Waals surface area (Å²) in [6.45, 7) is 5.69. The minimum Gasteiger partial charge on any atom is -0.445 e. The van der Waals surface area contributed by atoms with Crippen molar-refractivity contribution in [3.8, 4) is 0 Å². The molecule has 144 valence electrons. The van der Waals surface area contributed by atoms with E-state index in [9.17, 15) is 4.79 Å². The van der Waals surface area contributed by atoms with Crippen LogP contribution >= 0.6 is 0 Å². The molecule has 0 aliphatic rings. The van der Waals surface area contributed by atoms with Gasteiger partial charge in [-0.25, -0.2) is 0 Å². The predicted octanol–water partition coefficient (Wildman–Crippen LogP) is 6.49. The standard InChI is InChI=1S/C21H43NO2/c1-4-5-6-7-8-9-10-11-12-13-14-15-16-17-18-19-20(23)24-21(2,3)22/h4-19,22H2,1-3H3. The zero-order valence-corrected chi connectivity index (χ0v) is 16.7. The Morgan fingerprint density at radius 2 is 1.04 bits per heavy atom. The SMILES string of the molecule is CCCCCCCCCCCCCCCCCC(=O)OC(C)(C)N.